The molecule has 0 unspecified atom stereocenters. The maximum atomic E-state index is 12.6. The fourth-order valence-electron chi connectivity index (χ4n) is 2.85. The van der Waals surface area contributed by atoms with E-state index >= 15 is 0 Å². The summed E-state index contributed by atoms with van der Waals surface area (Å²) in [5.41, 5.74) is 3.10. The number of ether oxygens (including phenoxy) is 1. The molecule has 0 radical (unpaired) electrons. The van der Waals surface area contributed by atoms with Crippen LogP contribution in [0.1, 0.15) is 15.4 Å². The van der Waals surface area contributed by atoms with E-state index in [2.05, 4.69) is 10.3 Å². The zero-order valence-electron chi connectivity index (χ0n) is 14.6. The van der Waals surface area contributed by atoms with Crippen molar-refractivity contribution in [1.82, 2.24) is 4.98 Å². The number of aryl methyl sites for hydroxylation is 1. The van der Waals surface area contributed by atoms with E-state index in [-0.39, 0.29) is 12.0 Å². The van der Waals surface area contributed by atoms with Gasteiger partial charge in [0.1, 0.15) is 16.5 Å². The molecule has 1 N–H and O–H groups in total. The molecule has 27 heavy (non-hydrogen) atoms. The van der Waals surface area contributed by atoms with Crippen molar-refractivity contribution in [3.8, 4) is 10.6 Å². The molecule has 4 rings (SSSR count). The zero-order valence-corrected chi connectivity index (χ0v) is 15.5. The van der Waals surface area contributed by atoms with E-state index in [0.29, 0.717) is 29.4 Å². The summed E-state index contributed by atoms with van der Waals surface area (Å²) in [4.78, 5) is 30.9. The third kappa shape index (κ3) is 3.54. The molecule has 6 nitrogen and oxygen atoms in total. The van der Waals surface area contributed by atoms with Crippen LogP contribution in [0.3, 0.4) is 0 Å². The number of hydrogen-bond donors (Lipinski definition) is 1. The molecule has 0 atom stereocenters. The molecule has 1 saturated heterocycles. The van der Waals surface area contributed by atoms with E-state index in [0.717, 1.165) is 16.3 Å². The van der Waals surface area contributed by atoms with Gasteiger partial charge < -0.3 is 10.1 Å². The number of anilines is 2. The number of carbonyl (C=O) groups excluding carboxylic acids is 2. The van der Waals surface area contributed by atoms with E-state index in [4.69, 9.17) is 4.74 Å². The molecule has 2 aromatic carbocycles. The first-order chi connectivity index (χ1) is 13.1. The van der Waals surface area contributed by atoms with Crippen LogP contribution < -0.4 is 10.2 Å². The first-order valence-electron chi connectivity index (χ1n) is 8.50. The van der Waals surface area contributed by atoms with Crippen molar-refractivity contribution in [2.45, 2.75) is 6.92 Å². The Morgan fingerprint density at radius 3 is 2.56 bits per heavy atom. The number of carbonyl (C=O) groups is 2. The molecule has 0 bridgehead atoms. The van der Waals surface area contributed by atoms with Gasteiger partial charge in [-0.2, -0.15) is 0 Å². The summed E-state index contributed by atoms with van der Waals surface area (Å²) >= 11 is 1.37. The molecule has 3 aromatic rings. The quantitative estimate of drug-likeness (QED) is 0.732. The molecule has 2 heterocycles. The highest BCUT2D eigenvalue weighted by atomic mass is 32.1. The standard InChI is InChI=1S/C20H17N3O3S/c1-13-17(27-19(21-13)14-5-3-2-4-6-14)18(24)22-15-7-9-16(10-8-15)23-11-12-26-20(23)25/h2-10H,11-12H2,1H3,(H,22,24). The van der Waals surface area contributed by atoms with Crippen LogP contribution in [-0.4, -0.2) is 30.1 Å². The normalized spacial score (nSPS) is 13.5. The Balaban J connectivity index is 1.49. The zero-order chi connectivity index (χ0) is 18.8. The second kappa shape index (κ2) is 7.20. The minimum absolute atomic E-state index is 0.194. The average molecular weight is 379 g/mol. The van der Waals surface area contributed by atoms with Gasteiger partial charge in [0, 0.05) is 16.9 Å². The van der Waals surface area contributed by atoms with Gasteiger partial charge in [0.2, 0.25) is 0 Å². The number of nitrogens with one attached hydrogen (secondary N) is 1. The van der Waals surface area contributed by atoms with Gasteiger partial charge in [-0.1, -0.05) is 30.3 Å². The maximum absolute atomic E-state index is 12.6. The Hall–Kier alpha value is -3.19. The molecule has 136 valence electrons. The summed E-state index contributed by atoms with van der Waals surface area (Å²) in [7, 11) is 0. The van der Waals surface area contributed by atoms with Gasteiger partial charge in [-0.15, -0.1) is 11.3 Å². The summed E-state index contributed by atoms with van der Waals surface area (Å²) in [6.45, 7) is 2.76. The van der Waals surface area contributed by atoms with Crippen molar-refractivity contribution in [3.63, 3.8) is 0 Å². The summed E-state index contributed by atoms with van der Waals surface area (Å²) in [5, 5.41) is 3.71. The third-order valence-electron chi connectivity index (χ3n) is 4.22. The molecule has 0 saturated carbocycles. The van der Waals surface area contributed by atoms with Crippen LogP contribution in [0.15, 0.2) is 54.6 Å². The van der Waals surface area contributed by atoms with Crippen LogP contribution in [0.5, 0.6) is 0 Å². The number of benzene rings is 2. The molecule has 7 heteroatoms. The maximum Gasteiger partial charge on any atom is 0.414 e. The lowest BCUT2D eigenvalue weighted by molar-refractivity contribution is 0.102. The lowest BCUT2D eigenvalue weighted by Gasteiger charge is -2.13. The highest BCUT2D eigenvalue weighted by molar-refractivity contribution is 7.17. The highest BCUT2D eigenvalue weighted by Gasteiger charge is 2.23. The van der Waals surface area contributed by atoms with Crippen molar-refractivity contribution in [1.29, 1.82) is 0 Å². The Morgan fingerprint density at radius 1 is 1.15 bits per heavy atom. The van der Waals surface area contributed by atoms with E-state index in [1.807, 2.05) is 37.3 Å². The van der Waals surface area contributed by atoms with Crippen LogP contribution in [0.4, 0.5) is 16.2 Å². The molecule has 1 fully saturated rings. The molecule has 1 aromatic heterocycles. The number of hydrogen-bond acceptors (Lipinski definition) is 5. The molecular weight excluding hydrogens is 362 g/mol. The van der Waals surface area contributed by atoms with Gasteiger partial charge in [0.15, 0.2) is 0 Å². The number of aromatic nitrogens is 1. The van der Waals surface area contributed by atoms with E-state index in [1.54, 1.807) is 29.2 Å². The van der Waals surface area contributed by atoms with E-state index < -0.39 is 0 Å². The monoisotopic (exact) mass is 379 g/mol. The molecular formula is C20H17N3O3S. The first kappa shape index (κ1) is 17.2. The Morgan fingerprint density at radius 2 is 1.89 bits per heavy atom. The largest absolute Gasteiger partial charge is 0.447 e. The van der Waals surface area contributed by atoms with Gasteiger partial charge in [-0.25, -0.2) is 9.78 Å². The van der Waals surface area contributed by atoms with Gasteiger partial charge in [-0.05, 0) is 31.2 Å². The number of nitrogens with zero attached hydrogens (tertiary/aromatic N) is 2. The minimum Gasteiger partial charge on any atom is -0.447 e. The summed E-state index contributed by atoms with van der Waals surface area (Å²) in [6.07, 6.45) is -0.347. The second-order valence-electron chi connectivity index (χ2n) is 6.07. The minimum atomic E-state index is -0.347. The van der Waals surface area contributed by atoms with Gasteiger partial charge in [0.25, 0.3) is 5.91 Å². The van der Waals surface area contributed by atoms with Crippen molar-refractivity contribution in [2.24, 2.45) is 0 Å². The Kier molecular flexibility index (Phi) is 4.60. The Bertz CT molecular complexity index is 983. The third-order valence-corrected chi connectivity index (χ3v) is 5.43. The van der Waals surface area contributed by atoms with Gasteiger partial charge >= 0.3 is 6.09 Å². The first-order valence-corrected chi connectivity index (χ1v) is 9.32. The molecule has 0 aliphatic carbocycles. The average Bonchev–Trinajstić information content (AvgIpc) is 3.29. The van der Waals surface area contributed by atoms with Crippen LogP contribution >= 0.6 is 11.3 Å². The summed E-state index contributed by atoms with van der Waals surface area (Å²) in [5.74, 6) is -0.194. The smallest absolute Gasteiger partial charge is 0.414 e. The van der Waals surface area contributed by atoms with Crippen LogP contribution in [0, 0.1) is 6.92 Å². The number of thiazole rings is 1. The Labute approximate surface area is 160 Å². The van der Waals surface area contributed by atoms with Crippen LogP contribution in [0.25, 0.3) is 10.6 Å². The number of cyclic esters (lactones) is 1. The summed E-state index contributed by atoms with van der Waals surface area (Å²) in [6, 6.07) is 16.9. The predicted octanol–water partition coefficient (Wildman–Crippen LogP) is 4.33. The predicted molar refractivity (Wildman–Crippen MR) is 105 cm³/mol. The SMILES string of the molecule is Cc1nc(-c2ccccc2)sc1C(=O)Nc1ccc(N2CCOC2=O)cc1. The van der Waals surface area contributed by atoms with E-state index in [1.165, 1.54) is 11.3 Å². The second-order valence-corrected chi connectivity index (χ2v) is 7.07. The van der Waals surface area contributed by atoms with E-state index in [9.17, 15) is 9.59 Å². The fraction of sp³-hybridized carbons (Fsp3) is 0.150. The number of amides is 2. The molecule has 0 spiro atoms. The van der Waals surface area contributed by atoms with Crippen molar-refractivity contribution in [3.05, 3.63) is 65.2 Å². The molecule has 1 aliphatic rings. The fourth-order valence-corrected chi connectivity index (χ4v) is 3.82. The highest BCUT2D eigenvalue weighted by Crippen LogP contribution is 2.28. The van der Waals surface area contributed by atoms with Crippen molar-refractivity contribution < 1.29 is 14.3 Å². The van der Waals surface area contributed by atoms with Gasteiger partial charge in [0.05, 0.1) is 12.2 Å². The van der Waals surface area contributed by atoms with Crippen molar-refractivity contribution in [2.75, 3.05) is 23.4 Å². The van der Waals surface area contributed by atoms with Crippen molar-refractivity contribution >= 4 is 34.7 Å². The molecule has 2 amide bonds. The topological polar surface area (TPSA) is 71.5 Å². The van der Waals surface area contributed by atoms with Crippen LogP contribution in [-0.2, 0) is 4.74 Å². The van der Waals surface area contributed by atoms with Gasteiger partial charge in [-0.3, -0.25) is 9.69 Å². The summed E-state index contributed by atoms with van der Waals surface area (Å²) < 4.78 is 4.94. The molecule has 1 aliphatic heterocycles. The lowest BCUT2D eigenvalue weighted by atomic mass is 10.2. The lowest BCUT2D eigenvalue weighted by Crippen LogP contribution is -2.23. The van der Waals surface area contributed by atoms with Crippen LogP contribution in [0.2, 0.25) is 0 Å². The number of rotatable bonds is 4.